The summed E-state index contributed by atoms with van der Waals surface area (Å²) in [5.41, 5.74) is 0.697. The number of carbonyl (C=O) groups is 1. The third kappa shape index (κ3) is 4.71. The Morgan fingerprint density at radius 2 is 2.19 bits per heavy atom. The number of nitro groups is 1. The van der Waals surface area contributed by atoms with Crippen molar-refractivity contribution < 1.29 is 14.8 Å². The average Bonchev–Trinajstić information content (AvgIpc) is 2.50. The topological polar surface area (TPSA) is 95.7 Å². The van der Waals surface area contributed by atoms with Crippen LogP contribution in [0.2, 0.25) is 0 Å². The summed E-state index contributed by atoms with van der Waals surface area (Å²) in [6, 6.07) is 5.66. The molecule has 0 aliphatic carbocycles. The molecule has 1 rings (SSSR count). The second-order valence-electron chi connectivity index (χ2n) is 4.57. The molecule has 0 saturated heterocycles. The summed E-state index contributed by atoms with van der Waals surface area (Å²) in [6.07, 6.45) is 0.615. The molecule has 0 heterocycles. The number of non-ortho nitro benzene ring substituents is 1. The van der Waals surface area contributed by atoms with Crippen LogP contribution in [0.4, 0.5) is 10.5 Å². The van der Waals surface area contributed by atoms with Gasteiger partial charge in [0, 0.05) is 25.2 Å². The molecule has 21 heavy (non-hydrogen) atoms. The number of benzene rings is 1. The van der Waals surface area contributed by atoms with E-state index in [9.17, 15) is 14.9 Å². The summed E-state index contributed by atoms with van der Waals surface area (Å²) in [7, 11) is 0. The molecule has 1 atom stereocenters. The van der Waals surface area contributed by atoms with Gasteiger partial charge in [-0.2, -0.15) is 0 Å². The van der Waals surface area contributed by atoms with E-state index in [1.54, 1.807) is 12.1 Å². The quantitative estimate of drug-likeness (QED) is 0.594. The molecule has 0 bridgehead atoms. The molecule has 0 aliphatic rings. The molecule has 0 aliphatic heterocycles. The number of hydrogen-bond donors (Lipinski definition) is 2. The monoisotopic (exact) mass is 295 g/mol. The fraction of sp³-hybridized carbons (Fsp3) is 0.500. The van der Waals surface area contributed by atoms with Gasteiger partial charge in [0.05, 0.1) is 17.6 Å². The minimum Gasteiger partial charge on any atom is -0.395 e. The lowest BCUT2D eigenvalue weighted by molar-refractivity contribution is -0.384. The van der Waals surface area contributed by atoms with Gasteiger partial charge in [-0.25, -0.2) is 4.79 Å². The molecule has 0 saturated carbocycles. The van der Waals surface area contributed by atoms with Crippen LogP contribution in [0.1, 0.15) is 31.9 Å². The SMILES string of the molecule is CCC(NC(=O)N(CC)CCO)c1cccc([N+](=O)[O-])c1. The van der Waals surface area contributed by atoms with Crippen molar-refractivity contribution >= 4 is 11.7 Å². The van der Waals surface area contributed by atoms with Crippen LogP contribution in [0, 0.1) is 10.1 Å². The van der Waals surface area contributed by atoms with Gasteiger partial charge in [0.25, 0.3) is 5.69 Å². The molecule has 2 N–H and O–H groups in total. The number of likely N-dealkylation sites (N-methyl/N-ethyl adjacent to an activating group) is 1. The maximum absolute atomic E-state index is 12.1. The number of nitro benzene ring substituents is 1. The first-order valence-corrected chi connectivity index (χ1v) is 6.94. The van der Waals surface area contributed by atoms with Crippen molar-refractivity contribution in [3.05, 3.63) is 39.9 Å². The van der Waals surface area contributed by atoms with E-state index in [1.165, 1.54) is 17.0 Å². The van der Waals surface area contributed by atoms with Crippen LogP contribution in [-0.4, -0.2) is 40.7 Å². The van der Waals surface area contributed by atoms with Crippen LogP contribution in [0.5, 0.6) is 0 Å². The Balaban J connectivity index is 2.85. The number of hydrogen-bond acceptors (Lipinski definition) is 4. The first kappa shape index (κ1) is 16.9. The number of rotatable bonds is 7. The van der Waals surface area contributed by atoms with E-state index in [2.05, 4.69) is 5.32 Å². The van der Waals surface area contributed by atoms with Gasteiger partial charge in [-0.3, -0.25) is 10.1 Å². The lowest BCUT2D eigenvalue weighted by atomic mass is 10.0. The van der Waals surface area contributed by atoms with E-state index in [0.29, 0.717) is 18.5 Å². The van der Waals surface area contributed by atoms with Gasteiger partial charge in [-0.1, -0.05) is 19.1 Å². The predicted octanol–water partition coefficient (Wildman–Crippen LogP) is 2.07. The molecule has 2 amide bonds. The van der Waals surface area contributed by atoms with E-state index < -0.39 is 4.92 Å². The highest BCUT2D eigenvalue weighted by Gasteiger charge is 2.18. The zero-order valence-electron chi connectivity index (χ0n) is 12.3. The molecular formula is C14H21N3O4. The smallest absolute Gasteiger partial charge is 0.317 e. The third-order valence-corrected chi connectivity index (χ3v) is 3.23. The summed E-state index contributed by atoms with van der Waals surface area (Å²) in [5, 5.41) is 22.6. The second kappa shape index (κ2) is 8.21. The molecule has 116 valence electrons. The highest BCUT2D eigenvalue weighted by molar-refractivity contribution is 5.74. The molecule has 0 aromatic heterocycles. The average molecular weight is 295 g/mol. The van der Waals surface area contributed by atoms with Crippen LogP contribution in [-0.2, 0) is 0 Å². The van der Waals surface area contributed by atoms with Gasteiger partial charge in [-0.05, 0) is 18.9 Å². The van der Waals surface area contributed by atoms with Crippen molar-refractivity contribution in [2.24, 2.45) is 0 Å². The minimum absolute atomic E-state index is 0.00269. The van der Waals surface area contributed by atoms with Crippen molar-refractivity contribution in [3.63, 3.8) is 0 Å². The number of nitrogens with one attached hydrogen (secondary N) is 1. The fourth-order valence-electron chi connectivity index (χ4n) is 2.04. The minimum atomic E-state index is -0.456. The Labute approximate surface area is 123 Å². The second-order valence-corrected chi connectivity index (χ2v) is 4.57. The molecule has 1 aromatic rings. The molecule has 0 fully saturated rings. The molecule has 7 nitrogen and oxygen atoms in total. The van der Waals surface area contributed by atoms with Crippen LogP contribution < -0.4 is 5.32 Å². The maximum atomic E-state index is 12.1. The third-order valence-electron chi connectivity index (χ3n) is 3.23. The molecule has 1 aromatic carbocycles. The number of carbonyl (C=O) groups excluding carboxylic acids is 1. The summed E-state index contributed by atoms with van der Waals surface area (Å²) in [5.74, 6) is 0. The van der Waals surface area contributed by atoms with Gasteiger partial charge in [0.2, 0.25) is 0 Å². The first-order valence-electron chi connectivity index (χ1n) is 6.94. The Morgan fingerprint density at radius 3 is 2.71 bits per heavy atom. The van der Waals surface area contributed by atoms with Gasteiger partial charge >= 0.3 is 6.03 Å². The van der Waals surface area contributed by atoms with Gasteiger partial charge in [0.1, 0.15) is 0 Å². The first-order chi connectivity index (χ1) is 10.0. The zero-order valence-corrected chi connectivity index (χ0v) is 12.3. The number of amides is 2. The standard InChI is InChI=1S/C14H21N3O4/c1-3-13(15-14(19)16(4-2)8-9-18)11-6-5-7-12(10-11)17(20)21/h5-7,10,13,18H,3-4,8-9H2,1-2H3,(H,15,19). The molecule has 0 radical (unpaired) electrons. The summed E-state index contributed by atoms with van der Waals surface area (Å²) in [6.45, 7) is 4.36. The van der Waals surface area contributed by atoms with Crippen molar-refractivity contribution in [2.75, 3.05) is 19.7 Å². The number of urea groups is 1. The van der Waals surface area contributed by atoms with Gasteiger partial charge in [-0.15, -0.1) is 0 Å². The van der Waals surface area contributed by atoms with Gasteiger partial charge < -0.3 is 15.3 Å². The van der Waals surface area contributed by atoms with Crippen LogP contribution in [0.15, 0.2) is 24.3 Å². The normalized spacial score (nSPS) is 11.8. The van der Waals surface area contributed by atoms with E-state index in [1.807, 2.05) is 13.8 Å². The summed E-state index contributed by atoms with van der Waals surface area (Å²) in [4.78, 5) is 23.9. The van der Waals surface area contributed by atoms with Crippen molar-refractivity contribution in [1.29, 1.82) is 0 Å². The van der Waals surface area contributed by atoms with Crippen LogP contribution >= 0.6 is 0 Å². The Kier molecular flexibility index (Phi) is 6.61. The number of aliphatic hydroxyl groups is 1. The van der Waals surface area contributed by atoms with E-state index >= 15 is 0 Å². The largest absolute Gasteiger partial charge is 0.395 e. The van der Waals surface area contributed by atoms with Crippen molar-refractivity contribution in [3.8, 4) is 0 Å². The Morgan fingerprint density at radius 1 is 1.48 bits per heavy atom. The lowest BCUT2D eigenvalue weighted by Gasteiger charge is -2.24. The summed E-state index contributed by atoms with van der Waals surface area (Å²) < 4.78 is 0. The number of aliphatic hydroxyl groups excluding tert-OH is 1. The molecule has 1 unspecified atom stereocenters. The maximum Gasteiger partial charge on any atom is 0.317 e. The van der Waals surface area contributed by atoms with Gasteiger partial charge in [0.15, 0.2) is 0 Å². The Bertz CT molecular complexity index is 493. The van der Waals surface area contributed by atoms with Crippen molar-refractivity contribution in [1.82, 2.24) is 10.2 Å². The predicted molar refractivity (Wildman–Crippen MR) is 79.0 cm³/mol. The number of nitrogens with zero attached hydrogens (tertiary/aromatic N) is 2. The highest BCUT2D eigenvalue weighted by Crippen LogP contribution is 2.21. The van der Waals surface area contributed by atoms with E-state index in [4.69, 9.17) is 5.11 Å². The van der Waals surface area contributed by atoms with Crippen LogP contribution in [0.25, 0.3) is 0 Å². The molecule has 7 heteroatoms. The zero-order chi connectivity index (χ0) is 15.8. The van der Waals surface area contributed by atoms with Crippen molar-refractivity contribution in [2.45, 2.75) is 26.3 Å². The molecular weight excluding hydrogens is 274 g/mol. The highest BCUT2D eigenvalue weighted by atomic mass is 16.6. The fourth-order valence-corrected chi connectivity index (χ4v) is 2.04. The molecule has 0 spiro atoms. The summed E-state index contributed by atoms with van der Waals surface area (Å²) >= 11 is 0. The van der Waals surface area contributed by atoms with Crippen LogP contribution in [0.3, 0.4) is 0 Å². The van der Waals surface area contributed by atoms with E-state index in [-0.39, 0.29) is 30.9 Å². The van der Waals surface area contributed by atoms with E-state index in [0.717, 1.165) is 0 Å². The lowest BCUT2D eigenvalue weighted by Crippen LogP contribution is -2.42. The Hall–Kier alpha value is -2.15.